The van der Waals surface area contributed by atoms with E-state index in [0.29, 0.717) is 36.0 Å². The van der Waals surface area contributed by atoms with Crippen LogP contribution < -0.4 is 16.0 Å². The second-order valence-electron chi connectivity index (χ2n) is 6.72. The van der Waals surface area contributed by atoms with Crippen LogP contribution in [0.25, 0.3) is 5.82 Å². The van der Waals surface area contributed by atoms with E-state index in [1.807, 2.05) is 31.4 Å². The highest BCUT2D eigenvalue weighted by Crippen LogP contribution is 2.15. The summed E-state index contributed by atoms with van der Waals surface area (Å²) in [5.74, 6) is 1.65. The Morgan fingerprint density at radius 1 is 1.10 bits per heavy atom. The first-order valence-electron chi connectivity index (χ1n) is 9.25. The Bertz CT molecular complexity index is 1030. The van der Waals surface area contributed by atoms with Crippen molar-refractivity contribution in [2.45, 2.75) is 27.7 Å². The van der Waals surface area contributed by atoms with Crippen LogP contribution in [0.5, 0.6) is 0 Å². The number of urea groups is 1. The van der Waals surface area contributed by atoms with E-state index in [2.05, 4.69) is 30.9 Å². The summed E-state index contributed by atoms with van der Waals surface area (Å²) in [4.78, 5) is 25.1. The number of hydrogen-bond acceptors (Lipinski definition) is 5. The largest absolute Gasteiger partial charge is 0.368 e. The van der Waals surface area contributed by atoms with E-state index in [4.69, 9.17) is 0 Å². The summed E-state index contributed by atoms with van der Waals surface area (Å²) in [5.41, 5.74) is 2.89. The lowest BCUT2D eigenvalue weighted by Crippen LogP contribution is -2.32. The molecule has 0 aliphatic rings. The number of benzene rings is 1. The monoisotopic (exact) mass is 397 g/mol. The molecule has 2 amide bonds. The Labute approximate surface area is 168 Å². The van der Waals surface area contributed by atoms with E-state index in [9.17, 15) is 9.18 Å². The van der Waals surface area contributed by atoms with Crippen LogP contribution in [0.4, 0.5) is 20.7 Å². The van der Waals surface area contributed by atoms with Crippen molar-refractivity contribution in [1.29, 1.82) is 0 Å². The van der Waals surface area contributed by atoms with Crippen molar-refractivity contribution in [2.75, 3.05) is 23.7 Å². The predicted molar refractivity (Wildman–Crippen MR) is 110 cm³/mol. The smallest absolute Gasteiger partial charge is 0.319 e. The minimum Gasteiger partial charge on any atom is -0.368 e. The molecule has 0 fully saturated rings. The van der Waals surface area contributed by atoms with Crippen LogP contribution in [0.1, 0.15) is 22.8 Å². The van der Waals surface area contributed by atoms with Crippen molar-refractivity contribution < 1.29 is 9.18 Å². The van der Waals surface area contributed by atoms with Crippen LogP contribution in [0.15, 0.2) is 30.6 Å². The van der Waals surface area contributed by atoms with Crippen molar-refractivity contribution in [3.05, 3.63) is 59.2 Å². The number of imidazole rings is 1. The number of halogens is 1. The van der Waals surface area contributed by atoms with Gasteiger partial charge in [0.1, 0.15) is 29.6 Å². The van der Waals surface area contributed by atoms with Crippen LogP contribution in [0.2, 0.25) is 0 Å². The number of nitrogens with zero attached hydrogens (tertiary/aromatic N) is 4. The molecule has 0 aliphatic heterocycles. The zero-order chi connectivity index (χ0) is 21.0. The standard InChI is InChI=1S/C20H24FN7O/c1-12-5-6-16(9-17(12)21)27-20(29)23-8-7-22-18-10-19(26-15(4)25-18)28-11-24-13(2)14(28)3/h5-6,9-11H,7-8H2,1-4H3,(H,22,25,26)(H2,23,27,29). The van der Waals surface area contributed by atoms with E-state index in [-0.39, 0.29) is 5.82 Å². The molecule has 0 unspecified atom stereocenters. The third-order valence-electron chi connectivity index (χ3n) is 4.47. The van der Waals surface area contributed by atoms with Crippen LogP contribution >= 0.6 is 0 Å². The molecule has 9 heteroatoms. The fraction of sp³-hybridized carbons (Fsp3) is 0.300. The highest BCUT2D eigenvalue weighted by Gasteiger charge is 2.09. The first-order valence-corrected chi connectivity index (χ1v) is 9.25. The van der Waals surface area contributed by atoms with Gasteiger partial charge in [-0.05, 0) is 45.4 Å². The Morgan fingerprint density at radius 2 is 1.90 bits per heavy atom. The molecule has 3 N–H and O–H groups in total. The van der Waals surface area contributed by atoms with Crippen LogP contribution in [0.3, 0.4) is 0 Å². The number of carbonyl (C=O) groups excluding carboxylic acids is 1. The summed E-state index contributed by atoms with van der Waals surface area (Å²) in [6.45, 7) is 8.24. The molecular formula is C20H24FN7O. The SMILES string of the molecule is Cc1nc(NCCNC(=O)Nc2ccc(C)c(F)c2)cc(-n2cnc(C)c2C)n1. The van der Waals surface area contributed by atoms with Crippen LogP contribution in [0, 0.1) is 33.5 Å². The van der Waals surface area contributed by atoms with E-state index < -0.39 is 6.03 Å². The first-order chi connectivity index (χ1) is 13.8. The summed E-state index contributed by atoms with van der Waals surface area (Å²) >= 11 is 0. The highest BCUT2D eigenvalue weighted by atomic mass is 19.1. The molecule has 1 aromatic carbocycles. The second-order valence-corrected chi connectivity index (χ2v) is 6.72. The van der Waals surface area contributed by atoms with Gasteiger partial charge in [-0.3, -0.25) is 4.57 Å². The van der Waals surface area contributed by atoms with Gasteiger partial charge in [0, 0.05) is 30.5 Å². The third kappa shape index (κ3) is 5.07. The number of aryl methyl sites for hydroxylation is 3. The van der Waals surface area contributed by atoms with E-state index >= 15 is 0 Å². The van der Waals surface area contributed by atoms with Gasteiger partial charge in [0.05, 0.1) is 5.69 Å². The average molecular weight is 397 g/mol. The summed E-state index contributed by atoms with van der Waals surface area (Å²) in [7, 11) is 0. The number of anilines is 2. The van der Waals surface area contributed by atoms with E-state index in [1.165, 1.54) is 6.07 Å². The number of hydrogen-bond donors (Lipinski definition) is 3. The molecule has 3 aromatic rings. The molecule has 3 rings (SSSR count). The normalized spacial score (nSPS) is 10.7. The molecule has 0 aliphatic carbocycles. The predicted octanol–water partition coefficient (Wildman–Crippen LogP) is 3.27. The number of amides is 2. The molecule has 0 saturated carbocycles. The maximum absolute atomic E-state index is 13.5. The molecule has 29 heavy (non-hydrogen) atoms. The fourth-order valence-corrected chi connectivity index (χ4v) is 2.71. The summed E-state index contributed by atoms with van der Waals surface area (Å²) in [6, 6.07) is 5.99. The molecule has 0 atom stereocenters. The second kappa shape index (κ2) is 8.68. The molecule has 2 aromatic heterocycles. The molecule has 8 nitrogen and oxygen atoms in total. The summed E-state index contributed by atoms with van der Waals surface area (Å²) < 4.78 is 15.4. The average Bonchev–Trinajstić information content (AvgIpc) is 3.00. The number of carbonyl (C=O) groups is 1. The number of aromatic nitrogens is 4. The topological polar surface area (TPSA) is 96.8 Å². The highest BCUT2D eigenvalue weighted by molar-refractivity contribution is 5.89. The molecule has 152 valence electrons. The van der Waals surface area contributed by atoms with Gasteiger partial charge in [-0.2, -0.15) is 0 Å². The van der Waals surface area contributed by atoms with Gasteiger partial charge >= 0.3 is 6.03 Å². The lowest BCUT2D eigenvalue weighted by molar-refractivity contribution is 0.252. The molecule has 0 radical (unpaired) electrons. The van der Waals surface area contributed by atoms with Crippen molar-refractivity contribution in [1.82, 2.24) is 24.8 Å². The Kier molecular flexibility index (Phi) is 6.06. The number of rotatable bonds is 6. The van der Waals surface area contributed by atoms with Gasteiger partial charge in [-0.1, -0.05) is 6.07 Å². The summed E-state index contributed by atoms with van der Waals surface area (Å²) in [6.07, 6.45) is 1.73. The first kappa shape index (κ1) is 20.2. The van der Waals surface area contributed by atoms with E-state index in [1.54, 1.807) is 25.4 Å². The van der Waals surface area contributed by atoms with Crippen LogP contribution in [-0.4, -0.2) is 38.6 Å². The van der Waals surface area contributed by atoms with Gasteiger partial charge in [0.25, 0.3) is 0 Å². The van der Waals surface area contributed by atoms with Crippen molar-refractivity contribution in [3.8, 4) is 5.82 Å². The van der Waals surface area contributed by atoms with E-state index in [0.717, 1.165) is 17.2 Å². The lowest BCUT2D eigenvalue weighted by atomic mass is 10.2. The maximum atomic E-state index is 13.5. The minimum atomic E-state index is -0.404. The molecule has 2 heterocycles. The van der Waals surface area contributed by atoms with Crippen LogP contribution in [-0.2, 0) is 0 Å². The zero-order valence-electron chi connectivity index (χ0n) is 16.9. The molecule has 0 bridgehead atoms. The Balaban J connectivity index is 1.53. The maximum Gasteiger partial charge on any atom is 0.319 e. The minimum absolute atomic E-state index is 0.359. The lowest BCUT2D eigenvalue weighted by Gasteiger charge is -2.11. The summed E-state index contributed by atoms with van der Waals surface area (Å²) in [5, 5.41) is 8.49. The Hall–Kier alpha value is -3.49. The van der Waals surface area contributed by atoms with Gasteiger partial charge < -0.3 is 16.0 Å². The quantitative estimate of drug-likeness (QED) is 0.555. The third-order valence-corrected chi connectivity index (χ3v) is 4.47. The zero-order valence-corrected chi connectivity index (χ0v) is 16.9. The van der Waals surface area contributed by atoms with Gasteiger partial charge in [-0.15, -0.1) is 0 Å². The van der Waals surface area contributed by atoms with Gasteiger partial charge in [0.15, 0.2) is 0 Å². The molecule has 0 saturated heterocycles. The Morgan fingerprint density at radius 3 is 2.59 bits per heavy atom. The van der Waals surface area contributed by atoms with Crippen molar-refractivity contribution >= 4 is 17.5 Å². The molecular weight excluding hydrogens is 373 g/mol. The van der Waals surface area contributed by atoms with Gasteiger partial charge in [-0.25, -0.2) is 24.1 Å². The van der Waals surface area contributed by atoms with Crippen molar-refractivity contribution in [2.24, 2.45) is 0 Å². The van der Waals surface area contributed by atoms with Gasteiger partial charge in [0.2, 0.25) is 0 Å². The number of nitrogens with one attached hydrogen (secondary N) is 3. The fourth-order valence-electron chi connectivity index (χ4n) is 2.71. The molecule has 0 spiro atoms. The van der Waals surface area contributed by atoms with Crippen molar-refractivity contribution in [3.63, 3.8) is 0 Å².